The van der Waals surface area contributed by atoms with E-state index in [1.54, 1.807) is 32.0 Å². The number of anilines is 3. The molecule has 1 aromatic heterocycles. The molecule has 1 aliphatic heterocycles. The van der Waals surface area contributed by atoms with Crippen molar-refractivity contribution in [1.82, 2.24) is 4.57 Å². The van der Waals surface area contributed by atoms with Crippen LogP contribution in [0.5, 0.6) is 0 Å². The molecule has 2 heterocycles. The van der Waals surface area contributed by atoms with E-state index in [1.807, 2.05) is 35.0 Å². The molecule has 1 saturated carbocycles. The Bertz CT molecular complexity index is 1440. The van der Waals surface area contributed by atoms with Crippen molar-refractivity contribution >= 4 is 43.9 Å². The van der Waals surface area contributed by atoms with Crippen LogP contribution >= 0.6 is 0 Å². The van der Waals surface area contributed by atoms with Crippen molar-refractivity contribution in [2.75, 3.05) is 40.4 Å². The van der Waals surface area contributed by atoms with E-state index < -0.39 is 28.0 Å². The smallest absolute Gasteiger partial charge is 0.257 e. The van der Waals surface area contributed by atoms with Gasteiger partial charge in [-0.2, -0.15) is 0 Å². The Morgan fingerprint density at radius 3 is 2.47 bits per heavy atom. The molecule has 0 radical (unpaired) electrons. The molecular formula is C28H36N4O5S. The number of aliphatic hydroxyl groups excluding tert-OH is 1. The summed E-state index contributed by atoms with van der Waals surface area (Å²) in [7, 11) is -3.70. The molecule has 2 aliphatic rings. The molecule has 38 heavy (non-hydrogen) atoms. The fraction of sp³-hybridized carbons (Fsp3) is 0.464. The van der Waals surface area contributed by atoms with E-state index >= 15 is 0 Å². The van der Waals surface area contributed by atoms with Crippen LogP contribution in [-0.4, -0.2) is 60.2 Å². The van der Waals surface area contributed by atoms with Gasteiger partial charge >= 0.3 is 0 Å². The van der Waals surface area contributed by atoms with Crippen molar-refractivity contribution in [2.45, 2.75) is 51.7 Å². The molecule has 0 bridgehead atoms. The first kappa shape index (κ1) is 26.5. The Labute approximate surface area is 223 Å². The number of hydrogen-bond acceptors (Lipinski definition) is 6. The number of rotatable bonds is 9. The summed E-state index contributed by atoms with van der Waals surface area (Å²) in [5, 5.41) is 23.3. The zero-order chi connectivity index (χ0) is 27.1. The van der Waals surface area contributed by atoms with Gasteiger partial charge < -0.3 is 25.0 Å². The third kappa shape index (κ3) is 5.82. The number of piperidine rings is 1. The van der Waals surface area contributed by atoms with Gasteiger partial charge in [0.05, 0.1) is 52.6 Å². The van der Waals surface area contributed by atoms with Crippen LogP contribution in [0.3, 0.4) is 0 Å². The maximum atomic E-state index is 13.6. The minimum Gasteiger partial charge on any atom is -0.395 e. The van der Waals surface area contributed by atoms with Gasteiger partial charge in [0.1, 0.15) is 0 Å². The Morgan fingerprint density at radius 1 is 1.08 bits per heavy atom. The highest BCUT2D eigenvalue weighted by Crippen LogP contribution is 2.54. The topological polar surface area (TPSA) is 124 Å². The lowest BCUT2D eigenvalue weighted by molar-refractivity contribution is 0.0628. The molecule has 5 rings (SSSR count). The highest BCUT2D eigenvalue weighted by Gasteiger charge is 2.44. The number of aliphatic hydroxyl groups is 2. The van der Waals surface area contributed by atoms with Crippen molar-refractivity contribution in [1.29, 1.82) is 0 Å². The zero-order valence-corrected chi connectivity index (χ0v) is 22.7. The summed E-state index contributed by atoms with van der Waals surface area (Å²) in [6.45, 7) is 5.07. The van der Waals surface area contributed by atoms with Crippen LogP contribution in [0.2, 0.25) is 0 Å². The Kier molecular flexibility index (Phi) is 6.91. The van der Waals surface area contributed by atoms with E-state index in [0.717, 1.165) is 36.8 Å². The summed E-state index contributed by atoms with van der Waals surface area (Å²) in [5.41, 5.74) is 2.66. The van der Waals surface area contributed by atoms with Crippen LogP contribution in [0.25, 0.3) is 10.9 Å². The SMILES string of the molecule is CC(C)(O)Cn1ccc2c(NC(=O)c3ccc(NS(=O)(=O)CCO)cc3N3CCC4(CC3)CC4)cccc21. The maximum absolute atomic E-state index is 13.6. The largest absolute Gasteiger partial charge is 0.395 e. The molecular weight excluding hydrogens is 504 g/mol. The number of nitrogens with one attached hydrogen (secondary N) is 2. The van der Waals surface area contributed by atoms with Gasteiger partial charge in [-0.05, 0) is 81.3 Å². The summed E-state index contributed by atoms with van der Waals surface area (Å²) in [5.74, 6) is -0.673. The molecule has 1 aliphatic carbocycles. The van der Waals surface area contributed by atoms with Gasteiger partial charge in [0.2, 0.25) is 10.0 Å². The van der Waals surface area contributed by atoms with Gasteiger partial charge in [0, 0.05) is 24.7 Å². The number of benzene rings is 2. The number of hydrogen-bond donors (Lipinski definition) is 4. The summed E-state index contributed by atoms with van der Waals surface area (Å²) >= 11 is 0. The second kappa shape index (κ2) is 9.91. The van der Waals surface area contributed by atoms with Crippen LogP contribution in [-0.2, 0) is 16.6 Å². The molecule has 0 atom stereocenters. The number of aromatic nitrogens is 1. The average Bonchev–Trinajstić information content (AvgIpc) is 3.47. The van der Waals surface area contributed by atoms with Crippen LogP contribution < -0.4 is 14.9 Å². The minimum absolute atomic E-state index is 0.279. The molecule has 1 saturated heterocycles. The third-order valence-electron chi connectivity index (χ3n) is 7.62. The molecule has 2 aromatic carbocycles. The Balaban J connectivity index is 1.44. The number of nitrogens with zero attached hydrogens (tertiary/aromatic N) is 2. The molecule has 3 aromatic rings. The van der Waals surface area contributed by atoms with Gasteiger partial charge in [-0.15, -0.1) is 0 Å². The molecule has 204 valence electrons. The van der Waals surface area contributed by atoms with Gasteiger partial charge in [0.25, 0.3) is 5.91 Å². The normalized spacial score (nSPS) is 17.1. The highest BCUT2D eigenvalue weighted by molar-refractivity contribution is 7.92. The summed E-state index contributed by atoms with van der Waals surface area (Å²) in [4.78, 5) is 15.8. The number of amides is 1. The van der Waals surface area contributed by atoms with E-state index in [-0.39, 0.29) is 5.91 Å². The molecule has 1 amide bonds. The van der Waals surface area contributed by atoms with E-state index in [1.165, 1.54) is 12.8 Å². The predicted octanol–water partition coefficient (Wildman–Crippen LogP) is 3.78. The van der Waals surface area contributed by atoms with Crippen LogP contribution in [0.4, 0.5) is 17.1 Å². The quantitative estimate of drug-likeness (QED) is 0.328. The second-order valence-electron chi connectivity index (χ2n) is 11.3. The lowest BCUT2D eigenvalue weighted by Gasteiger charge is -2.35. The predicted molar refractivity (Wildman–Crippen MR) is 150 cm³/mol. The van der Waals surface area contributed by atoms with Crippen molar-refractivity contribution in [3.8, 4) is 0 Å². The van der Waals surface area contributed by atoms with E-state index in [0.29, 0.717) is 34.6 Å². The fourth-order valence-electron chi connectivity index (χ4n) is 5.38. The zero-order valence-electron chi connectivity index (χ0n) is 21.9. The van der Waals surface area contributed by atoms with Crippen molar-refractivity contribution in [3.63, 3.8) is 0 Å². The molecule has 1 spiro atoms. The number of fused-ring (bicyclic) bond motifs is 1. The summed E-state index contributed by atoms with van der Waals surface area (Å²) in [6.07, 6.45) is 6.53. The first-order valence-electron chi connectivity index (χ1n) is 13.1. The van der Waals surface area contributed by atoms with Crippen LogP contribution in [0, 0.1) is 5.41 Å². The molecule has 10 heteroatoms. The van der Waals surface area contributed by atoms with Gasteiger partial charge in [0.15, 0.2) is 0 Å². The number of sulfonamides is 1. The monoisotopic (exact) mass is 540 g/mol. The first-order chi connectivity index (χ1) is 18.0. The third-order valence-corrected chi connectivity index (χ3v) is 8.88. The van der Waals surface area contributed by atoms with E-state index in [2.05, 4.69) is 14.9 Å². The maximum Gasteiger partial charge on any atom is 0.257 e. The van der Waals surface area contributed by atoms with E-state index in [4.69, 9.17) is 5.11 Å². The minimum atomic E-state index is -3.70. The Morgan fingerprint density at radius 2 is 1.82 bits per heavy atom. The average molecular weight is 541 g/mol. The van der Waals surface area contributed by atoms with Crippen molar-refractivity contribution < 1.29 is 23.4 Å². The van der Waals surface area contributed by atoms with Gasteiger partial charge in [-0.25, -0.2) is 8.42 Å². The molecule has 0 unspecified atom stereocenters. The van der Waals surface area contributed by atoms with Crippen molar-refractivity contribution in [3.05, 3.63) is 54.2 Å². The summed E-state index contributed by atoms with van der Waals surface area (Å²) in [6, 6.07) is 12.6. The number of carbonyl (C=O) groups is 1. The van der Waals surface area contributed by atoms with Crippen LogP contribution in [0.1, 0.15) is 49.9 Å². The van der Waals surface area contributed by atoms with Crippen LogP contribution in [0.15, 0.2) is 48.7 Å². The lowest BCUT2D eigenvalue weighted by atomic mass is 9.93. The summed E-state index contributed by atoms with van der Waals surface area (Å²) < 4.78 is 29.0. The number of carbonyl (C=O) groups excluding carboxylic acids is 1. The van der Waals surface area contributed by atoms with Gasteiger partial charge in [-0.1, -0.05) is 6.07 Å². The molecule has 2 fully saturated rings. The highest BCUT2D eigenvalue weighted by atomic mass is 32.2. The molecule has 4 N–H and O–H groups in total. The molecule has 9 nitrogen and oxygen atoms in total. The Hall–Kier alpha value is -3.08. The second-order valence-corrected chi connectivity index (χ2v) is 13.2. The standard InChI is InChI=1S/C28H36N4O5S/c1-27(2,35)19-32-13-8-21-23(4-3-5-24(21)32)29-26(34)22-7-6-20(30-38(36,37)17-16-33)18-25(22)31-14-11-28(9-10-28)12-15-31/h3-8,13,18,30,33,35H,9-12,14-17,19H2,1-2H3,(H,29,34). The van der Waals surface area contributed by atoms with Crippen molar-refractivity contribution in [2.24, 2.45) is 5.41 Å². The van der Waals surface area contributed by atoms with Gasteiger partial charge in [-0.3, -0.25) is 9.52 Å². The fourth-order valence-corrected chi connectivity index (χ4v) is 6.20. The lowest BCUT2D eigenvalue weighted by Crippen LogP contribution is -2.35. The first-order valence-corrected chi connectivity index (χ1v) is 14.7. The van der Waals surface area contributed by atoms with E-state index in [9.17, 15) is 18.3 Å².